The second-order valence-electron chi connectivity index (χ2n) is 5.30. The Morgan fingerprint density at radius 3 is 2.50 bits per heavy atom. The van der Waals surface area contributed by atoms with E-state index in [1.807, 2.05) is 62.6 Å². The van der Waals surface area contributed by atoms with Gasteiger partial charge in [-0.2, -0.15) is 0 Å². The Morgan fingerprint density at radius 2 is 1.82 bits per heavy atom. The Morgan fingerprint density at radius 1 is 1.05 bits per heavy atom. The van der Waals surface area contributed by atoms with Gasteiger partial charge in [0.2, 0.25) is 0 Å². The first-order valence-corrected chi connectivity index (χ1v) is 7.22. The summed E-state index contributed by atoms with van der Waals surface area (Å²) >= 11 is 0. The lowest BCUT2D eigenvalue weighted by Crippen LogP contribution is -2.11. The normalized spacial score (nSPS) is 10.7. The number of aromatic nitrogens is 1. The molecule has 0 radical (unpaired) electrons. The summed E-state index contributed by atoms with van der Waals surface area (Å²) < 4.78 is 6.00. The van der Waals surface area contributed by atoms with Gasteiger partial charge in [0.1, 0.15) is 11.3 Å². The Labute approximate surface area is 130 Å². The topological polar surface area (TPSA) is 51.4 Å². The number of para-hydroxylation sites is 2. The zero-order valence-corrected chi connectivity index (χ0v) is 12.8. The maximum Gasteiger partial charge on any atom is 0.153 e. The molecule has 0 bridgehead atoms. The molecule has 0 atom stereocenters. The molecule has 0 unspecified atom stereocenters. The van der Waals surface area contributed by atoms with Crippen LogP contribution in [0.2, 0.25) is 0 Å². The van der Waals surface area contributed by atoms with Gasteiger partial charge in [-0.15, -0.1) is 0 Å². The van der Waals surface area contributed by atoms with Gasteiger partial charge >= 0.3 is 0 Å². The van der Waals surface area contributed by atoms with Crippen molar-refractivity contribution in [2.24, 2.45) is 5.73 Å². The van der Waals surface area contributed by atoms with Gasteiger partial charge in [-0.25, -0.2) is 4.98 Å². The molecule has 1 aromatic heterocycles. The van der Waals surface area contributed by atoms with Crippen LogP contribution in [0.5, 0.6) is 11.5 Å². The summed E-state index contributed by atoms with van der Waals surface area (Å²) in [5.41, 5.74) is 8.56. The number of hydrogen-bond acceptors (Lipinski definition) is 4. The third-order valence-electron chi connectivity index (χ3n) is 3.50. The lowest BCUT2D eigenvalue weighted by Gasteiger charge is -2.18. The number of pyridine rings is 1. The predicted octanol–water partition coefficient (Wildman–Crippen LogP) is 3.55. The Bertz CT molecular complexity index is 785. The van der Waals surface area contributed by atoms with Crippen molar-refractivity contribution < 1.29 is 4.74 Å². The quantitative estimate of drug-likeness (QED) is 0.799. The molecule has 0 aliphatic carbocycles. The third-order valence-corrected chi connectivity index (χ3v) is 3.50. The number of anilines is 1. The van der Waals surface area contributed by atoms with Crippen LogP contribution in [0.25, 0.3) is 10.9 Å². The SMILES string of the molecule is CN(C)c1cc(CN)nc2c(Oc3ccccc3)cccc12. The molecule has 3 aromatic rings. The van der Waals surface area contributed by atoms with Crippen LogP contribution < -0.4 is 15.4 Å². The van der Waals surface area contributed by atoms with E-state index in [0.29, 0.717) is 6.54 Å². The maximum absolute atomic E-state index is 6.00. The number of hydrogen-bond donors (Lipinski definition) is 1. The van der Waals surface area contributed by atoms with E-state index in [-0.39, 0.29) is 0 Å². The summed E-state index contributed by atoms with van der Waals surface area (Å²) in [5.74, 6) is 1.53. The van der Waals surface area contributed by atoms with E-state index in [0.717, 1.165) is 33.8 Å². The molecule has 4 heteroatoms. The summed E-state index contributed by atoms with van der Waals surface area (Å²) in [6.07, 6.45) is 0. The van der Waals surface area contributed by atoms with Crippen molar-refractivity contribution in [2.75, 3.05) is 19.0 Å². The minimum Gasteiger partial charge on any atom is -0.455 e. The molecule has 2 N–H and O–H groups in total. The van der Waals surface area contributed by atoms with Gasteiger partial charge in [-0.3, -0.25) is 0 Å². The van der Waals surface area contributed by atoms with Crippen LogP contribution in [-0.2, 0) is 6.54 Å². The first-order valence-electron chi connectivity index (χ1n) is 7.22. The molecule has 0 fully saturated rings. The molecular weight excluding hydrogens is 274 g/mol. The fraction of sp³-hybridized carbons (Fsp3) is 0.167. The predicted molar refractivity (Wildman–Crippen MR) is 90.5 cm³/mol. The summed E-state index contributed by atoms with van der Waals surface area (Å²) in [7, 11) is 4.03. The average molecular weight is 293 g/mol. The van der Waals surface area contributed by atoms with E-state index in [1.54, 1.807) is 0 Å². The number of rotatable bonds is 4. The van der Waals surface area contributed by atoms with Crippen LogP contribution >= 0.6 is 0 Å². The van der Waals surface area contributed by atoms with Crippen LogP contribution in [0, 0.1) is 0 Å². The van der Waals surface area contributed by atoms with Crippen molar-refractivity contribution in [2.45, 2.75) is 6.54 Å². The summed E-state index contributed by atoms with van der Waals surface area (Å²) in [5, 5.41) is 1.05. The monoisotopic (exact) mass is 293 g/mol. The Kier molecular flexibility index (Phi) is 3.94. The van der Waals surface area contributed by atoms with Gasteiger partial charge in [-0.05, 0) is 24.3 Å². The van der Waals surface area contributed by atoms with Crippen LogP contribution in [0.4, 0.5) is 5.69 Å². The van der Waals surface area contributed by atoms with Crippen LogP contribution in [0.3, 0.4) is 0 Å². The number of nitrogens with zero attached hydrogens (tertiary/aromatic N) is 2. The second kappa shape index (κ2) is 6.03. The highest BCUT2D eigenvalue weighted by Crippen LogP contribution is 2.33. The number of fused-ring (bicyclic) bond motifs is 1. The highest BCUT2D eigenvalue weighted by Gasteiger charge is 2.11. The zero-order valence-electron chi connectivity index (χ0n) is 12.8. The van der Waals surface area contributed by atoms with Gasteiger partial charge < -0.3 is 15.4 Å². The molecule has 0 saturated carbocycles. The van der Waals surface area contributed by atoms with Crippen molar-refractivity contribution in [3.8, 4) is 11.5 Å². The van der Waals surface area contributed by atoms with E-state index in [1.165, 1.54) is 0 Å². The van der Waals surface area contributed by atoms with Crippen molar-refractivity contribution >= 4 is 16.6 Å². The molecule has 0 amide bonds. The van der Waals surface area contributed by atoms with Crippen LogP contribution in [0.15, 0.2) is 54.6 Å². The van der Waals surface area contributed by atoms with E-state index in [9.17, 15) is 0 Å². The van der Waals surface area contributed by atoms with Crippen molar-refractivity contribution in [3.05, 3.63) is 60.3 Å². The fourth-order valence-corrected chi connectivity index (χ4v) is 2.43. The molecular formula is C18H19N3O. The van der Waals surface area contributed by atoms with E-state index in [4.69, 9.17) is 10.5 Å². The van der Waals surface area contributed by atoms with Crippen molar-refractivity contribution in [3.63, 3.8) is 0 Å². The molecule has 3 rings (SSSR count). The van der Waals surface area contributed by atoms with Crippen molar-refractivity contribution in [1.29, 1.82) is 0 Å². The molecule has 1 heterocycles. The lowest BCUT2D eigenvalue weighted by molar-refractivity contribution is 0.487. The third kappa shape index (κ3) is 2.73. The molecule has 0 aliphatic rings. The number of ether oxygens (including phenoxy) is 1. The first kappa shape index (κ1) is 14.4. The minimum atomic E-state index is 0.399. The van der Waals surface area contributed by atoms with E-state index >= 15 is 0 Å². The first-order chi connectivity index (χ1) is 10.7. The molecule has 2 aromatic carbocycles. The van der Waals surface area contributed by atoms with Crippen LogP contribution in [0.1, 0.15) is 5.69 Å². The van der Waals surface area contributed by atoms with E-state index in [2.05, 4.69) is 16.0 Å². The van der Waals surface area contributed by atoms with Gasteiger partial charge in [0, 0.05) is 31.7 Å². The molecule has 0 saturated heterocycles. The van der Waals surface area contributed by atoms with Gasteiger partial charge in [0.05, 0.1) is 5.69 Å². The largest absolute Gasteiger partial charge is 0.455 e. The molecule has 22 heavy (non-hydrogen) atoms. The standard InChI is InChI=1S/C18H19N3O/c1-21(2)16-11-13(12-19)20-18-15(16)9-6-10-17(18)22-14-7-4-3-5-8-14/h3-11H,12,19H2,1-2H3. The number of benzene rings is 2. The smallest absolute Gasteiger partial charge is 0.153 e. The van der Waals surface area contributed by atoms with Gasteiger partial charge in [0.25, 0.3) is 0 Å². The Hall–Kier alpha value is -2.59. The summed E-state index contributed by atoms with van der Waals surface area (Å²) in [4.78, 5) is 6.72. The minimum absolute atomic E-state index is 0.399. The van der Waals surface area contributed by atoms with Gasteiger partial charge in [-0.1, -0.05) is 30.3 Å². The maximum atomic E-state index is 6.00. The average Bonchev–Trinajstić information content (AvgIpc) is 2.55. The highest BCUT2D eigenvalue weighted by molar-refractivity contribution is 5.95. The fourth-order valence-electron chi connectivity index (χ4n) is 2.43. The number of nitrogens with two attached hydrogens (primary N) is 1. The van der Waals surface area contributed by atoms with E-state index < -0.39 is 0 Å². The molecule has 112 valence electrons. The molecule has 0 aliphatic heterocycles. The summed E-state index contributed by atoms with van der Waals surface area (Å²) in [6, 6.07) is 17.7. The van der Waals surface area contributed by atoms with Gasteiger partial charge in [0.15, 0.2) is 5.75 Å². The summed E-state index contributed by atoms with van der Waals surface area (Å²) in [6.45, 7) is 0.399. The molecule has 4 nitrogen and oxygen atoms in total. The molecule has 0 spiro atoms. The zero-order chi connectivity index (χ0) is 15.5. The Balaban J connectivity index is 2.17. The van der Waals surface area contributed by atoms with Crippen molar-refractivity contribution in [1.82, 2.24) is 4.98 Å². The second-order valence-corrected chi connectivity index (χ2v) is 5.30. The van der Waals surface area contributed by atoms with Crippen LogP contribution in [-0.4, -0.2) is 19.1 Å². The highest BCUT2D eigenvalue weighted by atomic mass is 16.5. The lowest BCUT2D eigenvalue weighted by atomic mass is 10.1.